The van der Waals surface area contributed by atoms with Gasteiger partial charge in [-0.05, 0) is 11.8 Å². The van der Waals surface area contributed by atoms with Crippen molar-refractivity contribution in [3.05, 3.63) is 39.9 Å². The zero-order chi connectivity index (χ0) is 21.5. The molecule has 0 unspecified atom stereocenters. The van der Waals surface area contributed by atoms with Crippen LogP contribution in [0.2, 0.25) is 0 Å². The number of nitrogens with one attached hydrogen (secondary N) is 2. The molecule has 0 atom stereocenters. The lowest BCUT2D eigenvalue weighted by atomic mass is 10.1. The van der Waals surface area contributed by atoms with Gasteiger partial charge in [-0.25, -0.2) is 0 Å². The van der Waals surface area contributed by atoms with E-state index in [1.807, 2.05) is 6.92 Å². The van der Waals surface area contributed by atoms with Crippen molar-refractivity contribution in [2.45, 2.75) is 15.6 Å². The topological polar surface area (TPSA) is 153 Å². The van der Waals surface area contributed by atoms with Gasteiger partial charge < -0.3 is 0 Å². The quantitative estimate of drug-likeness (QED) is 0.200. The molecule has 2 aromatic heterocycles. The van der Waals surface area contributed by atoms with Gasteiger partial charge in [-0.1, -0.05) is 65.3 Å². The smallest absolute Gasteiger partial charge is 0.282 e. The largest absolute Gasteiger partial charge is 0.300 e. The van der Waals surface area contributed by atoms with Crippen LogP contribution >= 0.6 is 46.2 Å². The number of thioether (sulfide) groups is 2. The predicted molar refractivity (Wildman–Crippen MR) is 117 cm³/mol. The highest BCUT2D eigenvalue weighted by Gasteiger charge is 2.20. The zero-order valence-electron chi connectivity index (χ0n) is 15.2. The molecule has 0 fully saturated rings. The van der Waals surface area contributed by atoms with E-state index < -0.39 is 10.8 Å². The third-order valence-corrected chi connectivity index (χ3v) is 7.05. The van der Waals surface area contributed by atoms with Gasteiger partial charge in [0.05, 0.1) is 10.7 Å². The van der Waals surface area contributed by atoms with Crippen LogP contribution in [0.15, 0.2) is 32.9 Å². The summed E-state index contributed by atoms with van der Waals surface area (Å²) in [6, 6.07) is 5.61. The second-order valence-electron chi connectivity index (χ2n) is 5.24. The zero-order valence-corrected chi connectivity index (χ0v) is 18.5. The summed E-state index contributed by atoms with van der Waals surface area (Å²) in [6.45, 7) is 2.00. The maximum absolute atomic E-state index is 12.3. The Kier molecular flexibility index (Phi) is 7.67. The molecule has 3 aromatic rings. The molecule has 0 spiro atoms. The van der Waals surface area contributed by atoms with Crippen LogP contribution < -0.4 is 10.6 Å². The lowest BCUT2D eigenvalue weighted by Crippen LogP contribution is -2.13. The summed E-state index contributed by atoms with van der Waals surface area (Å²) in [5.74, 6) is 0.00353. The number of nitrogens with zero attached hydrogens (tertiary/aromatic N) is 5. The minimum Gasteiger partial charge on any atom is -0.300 e. The Labute approximate surface area is 186 Å². The second kappa shape index (κ2) is 10.4. The van der Waals surface area contributed by atoms with E-state index in [2.05, 4.69) is 31.0 Å². The highest BCUT2D eigenvalue weighted by Crippen LogP contribution is 2.28. The van der Waals surface area contributed by atoms with E-state index in [1.54, 1.807) is 11.8 Å². The molecule has 0 aliphatic carbocycles. The van der Waals surface area contributed by atoms with Crippen molar-refractivity contribution in [3.63, 3.8) is 0 Å². The molecule has 0 aliphatic rings. The van der Waals surface area contributed by atoms with E-state index in [0.29, 0.717) is 9.47 Å². The minimum absolute atomic E-state index is 0.0720. The number of aromatic nitrogens is 4. The number of carbonyl (C=O) groups excluding carboxylic acids is 2. The summed E-state index contributed by atoms with van der Waals surface area (Å²) in [5, 5.41) is 32.4. The lowest BCUT2D eigenvalue weighted by molar-refractivity contribution is -0.385. The molecule has 0 aliphatic heterocycles. The molecule has 11 nitrogen and oxygen atoms in total. The Hall–Kier alpha value is -2.62. The molecule has 0 saturated carbocycles. The van der Waals surface area contributed by atoms with E-state index in [4.69, 9.17) is 0 Å². The molecule has 0 radical (unpaired) electrons. The number of amides is 2. The van der Waals surface area contributed by atoms with Crippen LogP contribution in [0.1, 0.15) is 17.3 Å². The molecule has 3 rings (SSSR count). The number of hydrogen-bond donors (Lipinski definition) is 2. The molecule has 2 amide bonds. The maximum atomic E-state index is 12.3. The van der Waals surface area contributed by atoms with Crippen LogP contribution in [0.5, 0.6) is 0 Å². The third-order valence-electron chi connectivity index (χ3n) is 3.22. The van der Waals surface area contributed by atoms with Gasteiger partial charge >= 0.3 is 0 Å². The molecule has 1 aromatic carbocycles. The van der Waals surface area contributed by atoms with Gasteiger partial charge in [0.25, 0.3) is 11.6 Å². The molecule has 2 N–H and O–H groups in total. The summed E-state index contributed by atoms with van der Waals surface area (Å²) in [7, 11) is 0. The van der Waals surface area contributed by atoms with Crippen molar-refractivity contribution in [1.29, 1.82) is 0 Å². The number of para-hydroxylation sites is 1. The molecule has 0 saturated heterocycles. The molecule has 30 heavy (non-hydrogen) atoms. The van der Waals surface area contributed by atoms with Crippen molar-refractivity contribution in [2.24, 2.45) is 0 Å². The van der Waals surface area contributed by atoms with Gasteiger partial charge in [0, 0.05) is 6.07 Å². The lowest BCUT2D eigenvalue weighted by Gasteiger charge is -2.01. The summed E-state index contributed by atoms with van der Waals surface area (Å²) in [4.78, 5) is 34.8. The van der Waals surface area contributed by atoms with E-state index >= 15 is 0 Å². The fraction of sp³-hybridized carbons (Fsp3) is 0.200. The number of rotatable bonds is 9. The standard InChI is InChI=1S/C15H13N7O4S4/c1-2-27-14-20-18-12(29-14)16-10(23)7-28-15-21-19-13(30-15)17-11(24)8-5-3-4-6-9(8)22(25)26/h3-6H,2,7H2,1H3,(H,16,18,23)(H,17,19,24). The van der Waals surface area contributed by atoms with Gasteiger partial charge in [-0.2, -0.15) is 0 Å². The van der Waals surface area contributed by atoms with E-state index in [-0.39, 0.29) is 28.0 Å². The number of carbonyl (C=O) groups is 2. The highest BCUT2D eigenvalue weighted by molar-refractivity contribution is 8.01. The van der Waals surface area contributed by atoms with Crippen molar-refractivity contribution in [3.8, 4) is 0 Å². The van der Waals surface area contributed by atoms with Crippen molar-refractivity contribution >= 4 is 74.0 Å². The maximum Gasteiger partial charge on any atom is 0.282 e. The van der Waals surface area contributed by atoms with Gasteiger partial charge in [0.15, 0.2) is 8.68 Å². The van der Waals surface area contributed by atoms with Crippen LogP contribution in [-0.4, -0.2) is 48.6 Å². The van der Waals surface area contributed by atoms with Gasteiger partial charge in [-0.3, -0.25) is 30.3 Å². The van der Waals surface area contributed by atoms with Crippen LogP contribution in [-0.2, 0) is 4.79 Å². The molecular formula is C15H13N7O4S4. The Morgan fingerprint density at radius 1 is 1.03 bits per heavy atom. The number of nitro benzene ring substituents is 1. The number of benzene rings is 1. The fourth-order valence-corrected chi connectivity index (χ4v) is 5.24. The van der Waals surface area contributed by atoms with Gasteiger partial charge in [0.2, 0.25) is 16.2 Å². The van der Waals surface area contributed by atoms with Crippen molar-refractivity contribution in [1.82, 2.24) is 20.4 Å². The van der Waals surface area contributed by atoms with Crippen molar-refractivity contribution in [2.75, 3.05) is 22.1 Å². The van der Waals surface area contributed by atoms with Crippen LogP contribution in [0.25, 0.3) is 0 Å². The SMILES string of the molecule is CCSc1nnc(NC(=O)CSc2nnc(NC(=O)c3ccccc3[N+](=O)[O-])s2)s1. The first kappa shape index (κ1) is 22.1. The third kappa shape index (κ3) is 5.94. The Bertz CT molecular complexity index is 1070. The molecule has 15 heteroatoms. The summed E-state index contributed by atoms with van der Waals surface area (Å²) in [6.07, 6.45) is 0. The minimum atomic E-state index is -0.662. The number of anilines is 2. The molecule has 156 valence electrons. The Morgan fingerprint density at radius 2 is 1.67 bits per heavy atom. The van der Waals surface area contributed by atoms with Gasteiger partial charge in [-0.15, -0.1) is 20.4 Å². The summed E-state index contributed by atoms with van der Waals surface area (Å²) < 4.78 is 1.24. The van der Waals surface area contributed by atoms with E-state index in [9.17, 15) is 19.7 Å². The van der Waals surface area contributed by atoms with Gasteiger partial charge in [0.1, 0.15) is 5.56 Å². The molecular weight excluding hydrogens is 470 g/mol. The molecule has 0 bridgehead atoms. The van der Waals surface area contributed by atoms with E-state index in [1.165, 1.54) is 35.6 Å². The predicted octanol–water partition coefficient (Wildman–Crippen LogP) is 3.39. The second-order valence-corrected chi connectivity index (χ2v) is 9.93. The number of hydrogen-bond acceptors (Lipinski definition) is 12. The van der Waals surface area contributed by atoms with Crippen molar-refractivity contribution < 1.29 is 14.5 Å². The van der Waals surface area contributed by atoms with Crippen LogP contribution in [0.4, 0.5) is 16.0 Å². The first-order valence-electron chi connectivity index (χ1n) is 8.23. The Morgan fingerprint density at radius 3 is 2.33 bits per heavy atom. The molecule has 2 heterocycles. The first-order chi connectivity index (χ1) is 14.5. The fourth-order valence-electron chi connectivity index (χ4n) is 2.03. The van der Waals surface area contributed by atoms with Crippen LogP contribution in [0.3, 0.4) is 0 Å². The average molecular weight is 484 g/mol. The Balaban J connectivity index is 1.53. The van der Waals surface area contributed by atoms with E-state index in [0.717, 1.165) is 33.2 Å². The first-order valence-corrected chi connectivity index (χ1v) is 11.8. The monoisotopic (exact) mass is 483 g/mol. The summed E-state index contributed by atoms with van der Waals surface area (Å²) >= 11 is 5.04. The van der Waals surface area contributed by atoms with Crippen LogP contribution in [0, 0.1) is 10.1 Å². The normalized spacial score (nSPS) is 10.6. The average Bonchev–Trinajstić information content (AvgIpc) is 3.36. The number of nitro groups is 1. The highest BCUT2D eigenvalue weighted by atomic mass is 32.2. The summed E-state index contributed by atoms with van der Waals surface area (Å²) in [5.41, 5.74) is -0.383.